The molecule has 0 spiro atoms. The van der Waals surface area contributed by atoms with E-state index < -0.39 is 17.7 Å². The lowest BCUT2D eigenvalue weighted by molar-refractivity contribution is -0.137. The van der Waals surface area contributed by atoms with Gasteiger partial charge >= 0.3 is 0 Å². The molecule has 6 nitrogen and oxygen atoms in total. The minimum absolute atomic E-state index is 0.199. The molecule has 1 unspecified atom stereocenters. The third kappa shape index (κ3) is 2.97. The second kappa shape index (κ2) is 4.92. The van der Waals surface area contributed by atoms with Crippen molar-refractivity contribution in [3.63, 3.8) is 0 Å². The Balaban J connectivity index is 2.45. The van der Waals surface area contributed by atoms with Crippen molar-refractivity contribution in [1.29, 1.82) is 0 Å². The van der Waals surface area contributed by atoms with Crippen LogP contribution in [0.1, 0.15) is 6.42 Å². The van der Waals surface area contributed by atoms with E-state index >= 15 is 0 Å². The summed E-state index contributed by atoms with van der Waals surface area (Å²) in [6, 6.07) is 0. The SMILES string of the molecule is NC(=O)C(CC1COCCO1)C(N)=O. The van der Waals surface area contributed by atoms with Gasteiger partial charge in [0.15, 0.2) is 0 Å². The van der Waals surface area contributed by atoms with Crippen LogP contribution in [0.3, 0.4) is 0 Å². The predicted molar refractivity (Wildman–Crippen MR) is 47.1 cm³/mol. The normalized spacial score (nSPS) is 22.2. The fourth-order valence-corrected chi connectivity index (χ4v) is 1.31. The van der Waals surface area contributed by atoms with E-state index in [1.54, 1.807) is 0 Å². The molecular formula is C8H14N2O4. The minimum Gasteiger partial charge on any atom is -0.376 e. The molecule has 0 bridgehead atoms. The Morgan fingerprint density at radius 1 is 1.29 bits per heavy atom. The van der Waals surface area contributed by atoms with E-state index in [9.17, 15) is 9.59 Å². The largest absolute Gasteiger partial charge is 0.376 e. The number of nitrogens with two attached hydrogens (primary N) is 2. The van der Waals surface area contributed by atoms with E-state index in [1.165, 1.54) is 0 Å². The Morgan fingerprint density at radius 2 is 1.93 bits per heavy atom. The van der Waals surface area contributed by atoms with Crippen LogP contribution in [0, 0.1) is 5.92 Å². The zero-order chi connectivity index (χ0) is 10.6. The molecule has 0 radical (unpaired) electrons. The van der Waals surface area contributed by atoms with Crippen molar-refractivity contribution in [3.05, 3.63) is 0 Å². The fourth-order valence-electron chi connectivity index (χ4n) is 1.31. The van der Waals surface area contributed by atoms with E-state index in [2.05, 4.69) is 0 Å². The third-order valence-electron chi connectivity index (χ3n) is 2.07. The van der Waals surface area contributed by atoms with Crippen molar-refractivity contribution in [2.24, 2.45) is 17.4 Å². The van der Waals surface area contributed by atoms with E-state index in [0.29, 0.717) is 19.8 Å². The third-order valence-corrected chi connectivity index (χ3v) is 2.07. The summed E-state index contributed by atoms with van der Waals surface area (Å²) in [5, 5.41) is 0. The molecule has 1 aliphatic heterocycles. The molecule has 0 aromatic carbocycles. The van der Waals surface area contributed by atoms with Gasteiger partial charge in [0.1, 0.15) is 5.92 Å². The highest BCUT2D eigenvalue weighted by Gasteiger charge is 2.27. The second-order valence-electron chi connectivity index (χ2n) is 3.16. The van der Waals surface area contributed by atoms with Gasteiger partial charge in [-0.3, -0.25) is 9.59 Å². The average molecular weight is 202 g/mol. The summed E-state index contributed by atoms with van der Waals surface area (Å²) in [6.07, 6.45) is -0.0706. The molecule has 80 valence electrons. The van der Waals surface area contributed by atoms with Crippen LogP contribution in [-0.2, 0) is 19.1 Å². The van der Waals surface area contributed by atoms with Crippen LogP contribution in [0.5, 0.6) is 0 Å². The lowest BCUT2D eigenvalue weighted by Gasteiger charge is -2.24. The van der Waals surface area contributed by atoms with E-state index in [4.69, 9.17) is 20.9 Å². The molecule has 0 aliphatic carbocycles. The van der Waals surface area contributed by atoms with Crippen molar-refractivity contribution < 1.29 is 19.1 Å². The number of hydrogen-bond donors (Lipinski definition) is 2. The molecule has 0 aromatic heterocycles. The number of ether oxygens (including phenoxy) is 2. The Hall–Kier alpha value is -1.14. The summed E-state index contributed by atoms with van der Waals surface area (Å²) in [7, 11) is 0. The summed E-state index contributed by atoms with van der Waals surface area (Å²) in [5.74, 6) is -2.40. The maximum absolute atomic E-state index is 10.8. The van der Waals surface area contributed by atoms with E-state index in [1.807, 2.05) is 0 Å². The molecule has 0 saturated carbocycles. The molecule has 14 heavy (non-hydrogen) atoms. The zero-order valence-corrected chi connectivity index (χ0v) is 7.77. The Bertz CT molecular complexity index is 211. The van der Waals surface area contributed by atoms with Gasteiger partial charge in [0, 0.05) is 0 Å². The molecule has 1 rings (SSSR count). The molecule has 4 N–H and O–H groups in total. The predicted octanol–water partition coefficient (Wildman–Crippen LogP) is -1.62. The fraction of sp³-hybridized carbons (Fsp3) is 0.750. The molecule has 1 saturated heterocycles. The smallest absolute Gasteiger partial charge is 0.230 e. The van der Waals surface area contributed by atoms with Gasteiger partial charge in [-0.2, -0.15) is 0 Å². The molecule has 2 amide bonds. The summed E-state index contributed by atoms with van der Waals surface area (Å²) in [6.45, 7) is 1.38. The first-order chi connectivity index (χ1) is 6.61. The second-order valence-corrected chi connectivity index (χ2v) is 3.16. The minimum atomic E-state index is -0.971. The summed E-state index contributed by atoms with van der Waals surface area (Å²) in [4.78, 5) is 21.7. The highest BCUT2D eigenvalue weighted by molar-refractivity contribution is 5.98. The van der Waals surface area contributed by atoms with Gasteiger partial charge in [-0.05, 0) is 6.42 Å². The van der Waals surface area contributed by atoms with Crippen LogP contribution >= 0.6 is 0 Å². The monoisotopic (exact) mass is 202 g/mol. The van der Waals surface area contributed by atoms with Crippen LogP contribution in [0.25, 0.3) is 0 Å². The van der Waals surface area contributed by atoms with Gasteiger partial charge < -0.3 is 20.9 Å². The lowest BCUT2D eigenvalue weighted by Crippen LogP contribution is -2.40. The van der Waals surface area contributed by atoms with Gasteiger partial charge in [-0.1, -0.05) is 0 Å². The first-order valence-corrected chi connectivity index (χ1v) is 4.39. The van der Waals surface area contributed by atoms with Crippen molar-refractivity contribution >= 4 is 11.8 Å². The quantitative estimate of drug-likeness (QED) is 0.534. The molecule has 1 atom stereocenters. The number of carbonyl (C=O) groups is 2. The van der Waals surface area contributed by atoms with Gasteiger partial charge in [-0.15, -0.1) is 0 Å². The number of hydrogen-bond acceptors (Lipinski definition) is 4. The number of rotatable bonds is 4. The molecule has 6 heteroatoms. The van der Waals surface area contributed by atoms with E-state index in [-0.39, 0.29) is 12.5 Å². The van der Waals surface area contributed by atoms with Gasteiger partial charge in [-0.25, -0.2) is 0 Å². The average Bonchev–Trinajstić information content (AvgIpc) is 2.15. The highest BCUT2D eigenvalue weighted by Crippen LogP contribution is 2.12. The van der Waals surface area contributed by atoms with Crippen LogP contribution < -0.4 is 11.5 Å². The Kier molecular flexibility index (Phi) is 3.84. The highest BCUT2D eigenvalue weighted by atomic mass is 16.6. The maximum Gasteiger partial charge on any atom is 0.230 e. The van der Waals surface area contributed by atoms with Gasteiger partial charge in [0.2, 0.25) is 11.8 Å². The van der Waals surface area contributed by atoms with Crippen molar-refractivity contribution in [3.8, 4) is 0 Å². The summed E-state index contributed by atoms with van der Waals surface area (Å²) < 4.78 is 10.4. The number of amides is 2. The Morgan fingerprint density at radius 3 is 2.36 bits per heavy atom. The van der Waals surface area contributed by atoms with Crippen molar-refractivity contribution in [2.75, 3.05) is 19.8 Å². The molecule has 1 heterocycles. The zero-order valence-electron chi connectivity index (χ0n) is 7.77. The Labute approximate surface area is 81.5 Å². The molecular weight excluding hydrogens is 188 g/mol. The van der Waals surface area contributed by atoms with Crippen LogP contribution in [0.4, 0.5) is 0 Å². The number of primary amides is 2. The lowest BCUT2D eigenvalue weighted by atomic mass is 10.0. The van der Waals surface area contributed by atoms with Gasteiger partial charge in [0.25, 0.3) is 0 Å². The first-order valence-electron chi connectivity index (χ1n) is 4.39. The molecule has 1 fully saturated rings. The number of carbonyl (C=O) groups excluding carboxylic acids is 2. The van der Waals surface area contributed by atoms with Crippen molar-refractivity contribution in [1.82, 2.24) is 0 Å². The van der Waals surface area contributed by atoms with E-state index in [0.717, 1.165) is 0 Å². The summed E-state index contributed by atoms with van der Waals surface area (Å²) >= 11 is 0. The van der Waals surface area contributed by atoms with Crippen molar-refractivity contribution in [2.45, 2.75) is 12.5 Å². The standard InChI is InChI=1S/C8H14N2O4/c9-7(11)6(8(10)12)3-5-4-13-1-2-14-5/h5-6H,1-4H2,(H2,9,11)(H2,10,12). The first kappa shape index (κ1) is 10.9. The van der Waals surface area contributed by atoms with Gasteiger partial charge in [0.05, 0.1) is 25.9 Å². The molecule has 0 aromatic rings. The van der Waals surface area contributed by atoms with Crippen LogP contribution in [0.2, 0.25) is 0 Å². The maximum atomic E-state index is 10.8. The van der Waals surface area contributed by atoms with Crippen LogP contribution in [0.15, 0.2) is 0 Å². The topological polar surface area (TPSA) is 105 Å². The summed E-state index contributed by atoms with van der Waals surface area (Å²) in [5.41, 5.74) is 10.0. The van der Waals surface area contributed by atoms with Crippen LogP contribution in [-0.4, -0.2) is 37.7 Å². The molecule has 1 aliphatic rings.